The fraction of sp³-hybridized carbons (Fsp3) is 0.833. The molecule has 1 aliphatic rings. The van der Waals surface area contributed by atoms with Crippen LogP contribution < -0.4 is 5.32 Å². The molecule has 19 heavy (non-hydrogen) atoms. The summed E-state index contributed by atoms with van der Waals surface area (Å²) in [6.45, 7) is 4.21. The zero-order valence-corrected chi connectivity index (χ0v) is 12.9. The first kappa shape index (κ1) is 14.9. The lowest BCUT2D eigenvalue weighted by molar-refractivity contribution is 0.601. The van der Waals surface area contributed by atoms with Gasteiger partial charge in [-0.2, -0.15) is 0 Å². The van der Waals surface area contributed by atoms with E-state index in [0.717, 1.165) is 42.4 Å². The van der Waals surface area contributed by atoms with Crippen LogP contribution in [-0.2, 0) is 16.3 Å². The Morgan fingerprint density at radius 2 is 2.21 bits per heavy atom. The van der Waals surface area contributed by atoms with Crippen molar-refractivity contribution in [2.24, 2.45) is 0 Å². The standard InChI is InChI=1S/C12H21N3O2S2/c1-2-6-13-7-3-4-11-14-15-12(18-11)10-5-8-19(16,17)9-10/h10,13H,2-9H2,1H3. The topological polar surface area (TPSA) is 72.0 Å². The molecule has 0 saturated carbocycles. The lowest BCUT2D eigenvalue weighted by Gasteiger charge is -2.01. The highest BCUT2D eigenvalue weighted by atomic mass is 32.2. The summed E-state index contributed by atoms with van der Waals surface area (Å²) in [6.07, 6.45) is 3.83. The minimum atomic E-state index is -2.83. The van der Waals surface area contributed by atoms with E-state index in [9.17, 15) is 8.42 Å². The van der Waals surface area contributed by atoms with Gasteiger partial charge in [-0.25, -0.2) is 8.42 Å². The smallest absolute Gasteiger partial charge is 0.151 e. The number of nitrogens with one attached hydrogen (secondary N) is 1. The lowest BCUT2D eigenvalue weighted by atomic mass is 10.1. The highest BCUT2D eigenvalue weighted by molar-refractivity contribution is 7.91. The Balaban J connectivity index is 1.79. The third kappa shape index (κ3) is 4.50. The number of sulfone groups is 1. The van der Waals surface area contributed by atoms with E-state index in [0.29, 0.717) is 12.2 Å². The molecule has 1 saturated heterocycles. The molecule has 1 atom stereocenters. The Bertz CT molecular complexity index is 499. The van der Waals surface area contributed by atoms with Crippen molar-refractivity contribution < 1.29 is 8.42 Å². The molecule has 2 heterocycles. The largest absolute Gasteiger partial charge is 0.317 e. The molecule has 7 heteroatoms. The Morgan fingerprint density at radius 3 is 2.89 bits per heavy atom. The van der Waals surface area contributed by atoms with E-state index < -0.39 is 9.84 Å². The van der Waals surface area contributed by atoms with Gasteiger partial charge < -0.3 is 5.32 Å². The van der Waals surface area contributed by atoms with Crippen molar-refractivity contribution in [1.82, 2.24) is 15.5 Å². The van der Waals surface area contributed by atoms with Crippen LogP contribution in [0, 0.1) is 0 Å². The van der Waals surface area contributed by atoms with E-state index in [-0.39, 0.29) is 11.7 Å². The maximum atomic E-state index is 11.4. The summed E-state index contributed by atoms with van der Waals surface area (Å²) in [7, 11) is -2.83. The second-order valence-electron chi connectivity index (χ2n) is 4.99. The van der Waals surface area contributed by atoms with Gasteiger partial charge in [-0.15, -0.1) is 21.5 Å². The molecule has 0 aliphatic carbocycles. The summed E-state index contributed by atoms with van der Waals surface area (Å²) < 4.78 is 22.9. The molecule has 1 aromatic heterocycles. The van der Waals surface area contributed by atoms with Gasteiger partial charge in [0, 0.05) is 12.3 Å². The molecular formula is C12H21N3O2S2. The molecule has 1 N–H and O–H groups in total. The molecule has 0 bridgehead atoms. The lowest BCUT2D eigenvalue weighted by Crippen LogP contribution is -2.16. The van der Waals surface area contributed by atoms with Crippen LogP contribution in [0.5, 0.6) is 0 Å². The molecule has 1 fully saturated rings. The second-order valence-corrected chi connectivity index (χ2v) is 8.31. The molecule has 108 valence electrons. The molecule has 0 spiro atoms. The first-order valence-corrected chi connectivity index (χ1v) is 9.48. The van der Waals surface area contributed by atoms with Crippen molar-refractivity contribution in [2.75, 3.05) is 24.6 Å². The Hall–Kier alpha value is -0.530. The van der Waals surface area contributed by atoms with E-state index >= 15 is 0 Å². The van der Waals surface area contributed by atoms with Gasteiger partial charge in [0.15, 0.2) is 9.84 Å². The summed E-state index contributed by atoms with van der Waals surface area (Å²) in [5, 5.41) is 13.6. The van der Waals surface area contributed by atoms with Crippen LogP contribution >= 0.6 is 11.3 Å². The SMILES string of the molecule is CCCNCCCc1nnc(C2CCS(=O)(=O)C2)s1. The third-order valence-corrected chi connectivity index (χ3v) is 6.15. The summed E-state index contributed by atoms with van der Waals surface area (Å²) in [5.74, 6) is 0.627. The molecule has 1 unspecified atom stereocenters. The van der Waals surface area contributed by atoms with Crippen LogP contribution in [0.2, 0.25) is 0 Å². The van der Waals surface area contributed by atoms with Gasteiger partial charge >= 0.3 is 0 Å². The van der Waals surface area contributed by atoms with Crippen molar-refractivity contribution in [1.29, 1.82) is 0 Å². The minimum absolute atomic E-state index is 0.0782. The fourth-order valence-electron chi connectivity index (χ4n) is 2.19. The van der Waals surface area contributed by atoms with Crippen LogP contribution in [-0.4, -0.2) is 43.2 Å². The molecule has 2 rings (SSSR count). The predicted octanol–water partition coefficient (Wildman–Crippen LogP) is 1.37. The maximum Gasteiger partial charge on any atom is 0.151 e. The Morgan fingerprint density at radius 1 is 1.37 bits per heavy atom. The van der Waals surface area contributed by atoms with Crippen LogP contribution in [0.4, 0.5) is 0 Å². The van der Waals surface area contributed by atoms with E-state index in [1.807, 2.05) is 0 Å². The molecular weight excluding hydrogens is 282 g/mol. The van der Waals surface area contributed by atoms with Crippen molar-refractivity contribution in [3.63, 3.8) is 0 Å². The Labute approximate surface area is 118 Å². The molecule has 5 nitrogen and oxygen atoms in total. The van der Waals surface area contributed by atoms with Crippen molar-refractivity contribution in [3.8, 4) is 0 Å². The van der Waals surface area contributed by atoms with Gasteiger partial charge in [-0.3, -0.25) is 0 Å². The highest BCUT2D eigenvalue weighted by Crippen LogP contribution is 2.30. The number of nitrogens with zero attached hydrogens (tertiary/aromatic N) is 2. The summed E-state index contributed by atoms with van der Waals surface area (Å²) >= 11 is 1.58. The van der Waals surface area contributed by atoms with Crippen molar-refractivity contribution in [3.05, 3.63) is 10.0 Å². The first-order valence-electron chi connectivity index (χ1n) is 6.84. The van der Waals surface area contributed by atoms with E-state index in [2.05, 4.69) is 22.4 Å². The van der Waals surface area contributed by atoms with Crippen molar-refractivity contribution in [2.45, 2.75) is 38.5 Å². The summed E-state index contributed by atoms with van der Waals surface area (Å²) in [4.78, 5) is 0. The zero-order valence-electron chi connectivity index (χ0n) is 11.3. The third-order valence-electron chi connectivity index (χ3n) is 3.24. The number of aryl methyl sites for hydroxylation is 1. The van der Waals surface area contributed by atoms with Gasteiger partial charge in [-0.1, -0.05) is 6.92 Å². The average molecular weight is 303 g/mol. The summed E-state index contributed by atoms with van der Waals surface area (Å²) in [5.41, 5.74) is 0. The fourth-order valence-corrected chi connectivity index (χ4v) is 5.06. The van der Waals surface area contributed by atoms with Crippen LogP contribution in [0.15, 0.2) is 0 Å². The van der Waals surface area contributed by atoms with E-state index in [1.54, 1.807) is 11.3 Å². The second kappa shape index (κ2) is 6.76. The number of hydrogen-bond donors (Lipinski definition) is 1. The number of hydrogen-bond acceptors (Lipinski definition) is 6. The summed E-state index contributed by atoms with van der Waals surface area (Å²) in [6, 6.07) is 0. The van der Waals surface area contributed by atoms with Crippen molar-refractivity contribution >= 4 is 21.2 Å². The zero-order chi connectivity index (χ0) is 13.7. The van der Waals surface area contributed by atoms with Crippen LogP contribution in [0.3, 0.4) is 0 Å². The molecule has 0 amide bonds. The monoisotopic (exact) mass is 303 g/mol. The van der Waals surface area contributed by atoms with Gasteiger partial charge in [0.05, 0.1) is 11.5 Å². The normalized spacial score (nSPS) is 21.8. The van der Waals surface area contributed by atoms with Gasteiger partial charge in [0.2, 0.25) is 0 Å². The maximum absolute atomic E-state index is 11.4. The van der Waals surface area contributed by atoms with Gasteiger partial charge in [0.25, 0.3) is 0 Å². The number of rotatable bonds is 7. The van der Waals surface area contributed by atoms with E-state index in [1.165, 1.54) is 0 Å². The molecule has 0 aromatic carbocycles. The minimum Gasteiger partial charge on any atom is -0.317 e. The van der Waals surface area contributed by atoms with Crippen LogP contribution in [0.25, 0.3) is 0 Å². The van der Waals surface area contributed by atoms with Gasteiger partial charge in [-0.05, 0) is 32.4 Å². The number of aromatic nitrogens is 2. The average Bonchev–Trinajstić information content (AvgIpc) is 2.95. The first-order chi connectivity index (χ1) is 9.11. The molecule has 0 radical (unpaired) electrons. The molecule has 1 aliphatic heterocycles. The Kier molecular flexibility index (Phi) is 5.29. The van der Waals surface area contributed by atoms with Gasteiger partial charge in [0.1, 0.15) is 10.0 Å². The predicted molar refractivity (Wildman–Crippen MR) is 77.4 cm³/mol. The van der Waals surface area contributed by atoms with Crippen LogP contribution in [0.1, 0.15) is 42.1 Å². The van der Waals surface area contributed by atoms with E-state index in [4.69, 9.17) is 0 Å². The highest BCUT2D eigenvalue weighted by Gasteiger charge is 2.31. The molecule has 1 aromatic rings. The quantitative estimate of drug-likeness (QED) is 0.770.